The SMILES string of the molecule is CCOc1ccccc1OCC(=O)Nc1ccccc1C(=O)[O-]. The van der Waals surface area contributed by atoms with Crippen LogP contribution in [0.25, 0.3) is 0 Å². The summed E-state index contributed by atoms with van der Waals surface area (Å²) in [6.07, 6.45) is 0. The summed E-state index contributed by atoms with van der Waals surface area (Å²) < 4.78 is 10.8. The molecule has 0 heterocycles. The fourth-order valence-electron chi connectivity index (χ4n) is 1.94. The van der Waals surface area contributed by atoms with E-state index in [0.717, 1.165) is 0 Å². The van der Waals surface area contributed by atoms with E-state index in [1.54, 1.807) is 36.4 Å². The number of hydrogen-bond donors (Lipinski definition) is 1. The standard InChI is InChI=1S/C17H17NO5/c1-2-22-14-9-5-6-10-15(14)23-11-16(19)18-13-8-4-3-7-12(13)17(20)21/h3-10H,2,11H2,1H3,(H,18,19)(H,20,21)/p-1. The van der Waals surface area contributed by atoms with Crippen LogP contribution in [0.2, 0.25) is 0 Å². The van der Waals surface area contributed by atoms with Gasteiger partial charge in [0.15, 0.2) is 18.1 Å². The maximum atomic E-state index is 11.9. The maximum absolute atomic E-state index is 11.9. The van der Waals surface area contributed by atoms with Gasteiger partial charge in [-0.1, -0.05) is 30.3 Å². The number of benzene rings is 2. The third-order valence-corrected chi connectivity index (χ3v) is 2.93. The Kier molecular flexibility index (Phi) is 5.57. The quantitative estimate of drug-likeness (QED) is 0.836. The van der Waals surface area contributed by atoms with Crippen molar-refractivity contribution >= 4 is 17.6 Å². The Labute approximate surface area is 133 Å². The van der Waals surface area contributed by atoms with Crippen molar-refractivity contribution in [3.63, 3.8) is 0 Å². The van der Waals surface area contributed by atoms with E-state index >= 15 is 0 Å². The molecule has 0 bridgehead atoms. The van der Waals surface area contributed by atoms with E-state index in [1.165, 1.54) is 12.1 Å². The minimum Gasteiger partial charge on any atom is -0.545 e. The molecule has 1 amide bonds. The summed E-state index contributed by atoms with van der Waals surface area (Å²) in [5, 5.41) is 13.5. The third kappa shape index (κ3) is 4.47. The van der Waals surface area contributed by atoms with Crippen molar-refractivity contribution in [2.75, 3.05) is 18.5 Å². The number of para-hydroxylation sites is 3. The van der Waals surface area contributed by atoms with E-state index in [0.29, 0.717) is 18.1 Å². The molecule has 0 aromatic heterocycles. The van der Waals surface area contributed by atoms with Crippen LogP contribution >= 0.6 is 0 Å². The predicted octanol–water partition coefficient (Wildman–Crippen LogP) is 1.47. The normalized spacial score (nSPS) is 9.96. The Morgan fingerprint density at radius 2 is 1.61 bits per heavy atom. The van der Waals surface area contributed by atoms with Crippen LogP contribution in [0.3, 0.4) is 0 Å². The lowest BCUT2D eigenvalue weighted by atomic mass is 10.2. The molecule has 0 aliphatic carbocycles. The molecule has 0 atom stereocenters. The van der Waals surface area contributed by atoms with Gasteiger partial charge in [-0.15, -0.1) is 0 Å². The largest absolute Gasteiger partial charge is 0.545 e. The fourth-order valence-corrected chi connectivity index (χ4v) is 1.94. The Bertz CT molecular complexity index is 699. The molecule has 0 aliphatic rings. The van der Waals surface area contributed by atoms with Crippen LogP contribution < -0.4 is 19.9 Å². The van der Waals surface area contributed by atoms with Crippen molar-refractivity contribution in [2.45, 2.75) is 6.92 Å². The zero-order valence-electron chi connectivity index (χ0n) is 12.6. The van der Waals surface area contributed by atoms with Crippen LogP contribution in [0.4, 0.5) is 5.69 Å². The van der Waals surface area contributed by atoms with Crippen molar-refractivity contribution in [1.82, 2.24) is 0 Å². The molecule has 0 saturated heterocycles. The third-order valence-electron chi connectivity index (χ3n) is 2.93. The van der Waals surface area contributed by atoms with E-state index in [4.69, 9.17) is 9.47 Å². The second-order valence-electron chi connectivity index (χ2n) is 4.55. The highest BCUT2D eigenvalue weighted by Gasteiger charge is 2.10. The summed E-state index contributed by atoms with van der Waals surface area (Å²) in [4.78, 5) is 22.9. The van der Waals surface area contributed by atoms with Gasteiger partial charge in [0.1, 0.15) is 0 Å². The molecule has 120 valence electrons. The molecule has 2 aromatic rings. The van der Waals surface area contributed by atoms with Gasteiger partial charge in [0.05, 0.1) is 12.6 Å². The second-order valence-corrected chi connectivity index (χ2v) is 4.55. The van der Waals surface area contributed by atoms with Gasteiger partial charge in [-0.2, -0.15) is 0 Å². The highest BCUT2D eigenvalue weighted by Crippen LogP contribution is 2.26. The average Bonchev–Trinajstić information content (AvgIpc) is 2.54. The van der Waals surface area contributed by atoms with Gasteiger partial charge < -0.3 is 24.7 Å². The average molecular weight is 314 g/mol. The molecule has 23 heavy (non-hydrogen) atoms. The first-order chi connectivity index (χ1) is 11.1. The molecule has 0 saturated carbocycles. The summed E-state index contributed by atoms with van der Waals surface area (Å²) in [5.74, 6) is -0.857. The molecular weight excluding hydrogens is 298 g/mol. The lowest BCUT2D eigenvalue weighted by Gasteiger charge is -2.13. The van der Waals surface area contributed by atoms with Gasteiger partial charge in [0.25, 0.3) is 5.91 Å². The number of anilines is 1. The molecule has 0 aliphatic heterocycles. The Morgan fingerprint density at radius 1 is 1.00 bits per heavy atom. The Balaban J connectivity index is 2.00. The van der Waals surface area contributed by atoms with E-state index in [2.05, 4.69) is 5.32 Å². The summed E-state index contributed by atoms with van der Waals surface area (Å²) in [7, 11) is 0. The number of rotatable bonds is 7. The first-order valence-electron chi connectivity index (χ1n) is 7.06. The van der Waals surface area contributed by atoms with Crippen LogP contribution in [-0.4, -0.2) is 25.1 Å². The number of carboxylic acid groups (broad SMARTS) is 1. The van der Waals surface area contributed by atoms with Crippen molar-refractivity contribution in [3.05, 3.63) is 54.1 Å². The predicted molar refractivity (Wildman–Crippen MR) is 82.5 cm³/mol. The highest BCUT2D eigenvalue weighted by molar-refractivity contribution is 6.00. The Morgan fingerprint density at radius 3 is 2.26 bits per heavy atom. The molecule has 0 radical (unpaired) electrons. The molecule has 2 aromatic carbocycles. The molecule has 1 N–H and O–H groups in total. The van der Waals surface area contributed by atoms with Gasteiger partial charge in [-0.05, 0) is 25.1 Å². The van der Waals surface area contributed by atoms with E-state index in [9.17, 15) is 14.7 Å². The lowest BCUT2D eigenvalue weighted by molar-refractivity contribution is -0.254. The highest BCUT2D eigenvalue weighted by atomic mass is 16.5. The number of hydrogen-bond acceptors (Lipinski definition) is 5. The number of carbonyl (C=O) groups is 2. The summed E-state index contributed by atoms with van der Waals surface area (Å²) in [6, 6.07) is 13.0. The zero-order valence-corrected chi connectivity index (χ0v) is 12.6. The molecular formula is C17H16NO5-. The first kappa shape index (κ1) is 16.4. The first-order valence-corrected chi connectivity index (χ1v) is 7.06. The fraction of sp³-hybridized carbons (Fsp3) is 0.176. The number of carboxylic acids is 1. The summed E-state index contributed by atoms with van der Waals surface area (Å²) in [5.41, 5.74) is 0.0785. The maximum Gasteiger partial charge on any atom is 0.262 e. The number of carbonyl (C=O) groups excluding carboxylic acids is 2. The summed E-state index contributed by atoms with van der Waals surface area (Å²) in [6.45, 7) is 2.05. The van der Waals surface area contributed by atoms with Gasteiger partial charge in [-0.3, -0.25) is 4.79 Å². The van der Waals surface area contributed by atoms with Gasteiger partial charge in [-0.25, -0.2) is 0 Å². The number of aromatic carboxylic acids is 1. The van der Waals surface area contributed by atoms with Crippen LogP contribution in [-0.2, 0) is 4.79 Å². The van der Waals surface area contributed by atoms with Gasteiger partial charge in [0, 0.05) is 11.3 Å². The minimum atomic E-state index is -1.36. The van der Waals surface area contributed by atoms with E-state index in [-0.39, 0.29) is 17.9 Å². The van der Waals surface area contributed by atoms with Crippen molar-refractivity contribution in [2.24, 2.45) is 0 Å². The molecule has 6 nitrogen and oxygen atoms in total. The minimum absolute atomic E-state index is 0.0874. The topological polar surface area (TPSA) is 87.7 Å². The van der Waals surface area contributed by atoms with E-state index in [1.807, 2.05) is 6.92 Å². The van der Waals surface area contributed by atoms with Crippen LogP contribution in [0, 0.1) is 0 Å². The molecule has 2 rings (SSSR count). The van der Waals surface area contributed by atoms with Crippen molar-refractivity contribution in [1.29, 1.82) is 0 Å². The number of nitrogens with one attached hydrogen (secondary N) is 1. The summed E-state index contributed by atoms with van der Waals surface area (Å²) >= 11 is 0. The van der Waals surface area contributed by atoms with E-state index < -0.39 is 11.9 Å². The van der Waals surface area contributed by atoms with Crippen LogP contribution in [0.1, 0.15) is 17.3 Å². The second kappa shape index (κ2) is 7.84. The number of ether oxygens (including phenoxy) is 2. The monoisotopic (exact) mass is 314 g/mol. The Hall–Kier alpha value is -3.02. The number of amides is 1. The van der Waals surface area contributed by atoms with Gasteiger partial charge >= 0.3 is 0 Å². The lowest BCUT2D eigenvalue weighted by Crippen LogP contribution is -2.26. The zero-order chi connectivity index (χ0) is 16.7. The van der Waals surface area contributed by atoms with Crippen molar-refractivity contribution in [3.8, 4) is 11.5 Å². The molecule has 0 spiro atoms. The van der Waals surface area contributed by atoms with Crippen LogP contribution in [0.15, 0.2) is 48.5 Å². The van der Waals surface area contributed by atoms with Crippen molar-refractivity contribution < 1.29 is 24.2 Å². The molecule has 6 heteroatoms. The molecule has 0 fully saturated rings. The molecule has 0 unspecified atom stereocenters. The van der Waals surface area contributed by atoms with Crippen LogP contribution in [0.5, 0.6) is 11.5 Å². The smallest absolute Gasteiger partial charge is 0.262 e. The van der Waals surface area contributed by atoms with Gasteiger partial charge in [0.2, 0.25) is 0 Å².